The molecule has 17 nitrogen and oxygen atoms in total. The van der Waals surface area contributed by atoms with Crippen molar-refractivity contribution in [2.24, 2.45) is 27.5 Å². The van der Waals surface area contributed by atoms with Crippen LogP contribution < -0.4 is 20.6 Å². The fourth-order valence-electron chi connectivity index (χ4n) is 5.80. The fraction of sp³-hybridized carbons (Fsp3) is 0.213. The minimum Gasteiger partial charge on any atom is -0.494 e. The normalized spacial score (nSPS) is 10.8. The van der Waals surface area contributed by atoms with Crippen LogP contribution in [0.1, 0.15) is 49.9 Å². The maximum absolute atomic E-state index is 12.6. The summed E-state index contributed by atoms with van der Waals surface area (Å²) in [7, 11) is 1.34. The topological polar surface area (TPSA) is 229 Å². The molecule has 0 bridgehead atoms. The van der Waals surface area contributed by atoms with E-state index in [9.17, 15) is 34.7 Å². The quantitative estimate of drug-likeness (QED) is 0.0563. The minimum absolute atomic E-state index is 0.0459. The summed E-state index contributed by atoms with van der Waals surface area (Å²) in [5.74, 6) is -0.0631. The van der Waals surface area contributed by atoms with Gasteiger partial charge in [0.25, 0.3) is 11.1 Å². The first kappa shape index (κ1) is 46.7. The number of nitriles is 1. The van der Waals surface area contributed by atoms with E-state index in [2.05, 4.69) is 20.5 Å². The van der Waals surface area contributed by atoms with Gasteiger partial charge in [-0.05, 0) is 106 Å². The van der Waals surface area contributed by atoms with Crippen LogP contribution in [0, 0.1) is 32.1 Å². The van der Waals surface area contributed by atoms with Crippen molar-refractivity contribution < 1.29 is 38.7 Å². The van der Waals surface area contributed by atoms with Gasteiger partial charge in [0, 0.05) is 24.7 Å². The molecule has 6 aromatic rings. The first-order chi connectivity index (χ1) is 30.8. The van der Waals surface area contributed by atoms with Crippen molar-refractivity contribution >= 4 is 34.7 Å². The van der Waals surface area contributed by atoms with E-state index in [1.165, 1.54) is 30.7 Å². The number of para-hydroxylation sites is 2. The maximum Gasteiger partial charge on any atom is 0.338 e. The lowest BCUT2D eigenvalue weighted by Gasteiger charge is -2.12. The molecule has 0 fully saturated rings. The second-order valence-electron chi connectivity index (χ2n) is 13.7. The third-order valence-corrected chi connectivity index (χ3v) is 9.56. The average molecular weight is 868 g/mol. The van der Waals surface area contributed by atoms with Gasteiger partial charge in [-0.25, -0.2) is 9.59 Å². The molecule has 0 aliphatic heterocycles. The minimum atomic E-state index is -0.583. The number of aromatic hydroxyl groups is 2. The highest BCUT2D eigenvalue weighted by Gasteiger charge is 2.18. The standard InChI is InChI=1S/C24H25N3O5.C23H20N4O5/c1-4-27-22(28)17(3)16(2)21(23(27)29)26-25-19-12-10-18(11-13-19)24(30)32-15-14-31-20-8-6-5-7-9-20;1-15-19(14-24)21(28)27(2)22(29)20(15)26-25-17-10-8-16(9-11-17)23(30)32-13-12-31-18-6-4-3-5-7-18/h5-13,28H,4,14-15H2,1-3H3;3-11,28H,12-13H2,1-2H3. The number of benzene rings is 4. The van der Waals surface area contributed by atoms with Crippen LogP contribution in [0.5, 0.6) is 23.3 Å². The maximum atomic E-state index is 12.6. The van der Waals surface area contributed by atoms with Gasteiger partial charge < -0.3 is 29.2 Å². The van der Waals surface area contributed by atoms with Gasteiger partial charge >= 0.3 is 11.9 Å². The number of esters is 2. The first-order valence-corrected chi connectivity index (χ1v) is 19.8. The Kier molecular flexibility index (Phi) is 16.4. The van der Waals surface area contributed by atoms with Gasteiger partial charge in [-0.1, -0.05) is 36.4 Å². The van der Waals surface area contributed by atoms with E-state index in [1.54, 1.807) is 57.2 Å². The lowest BCUT2D eigenvalue weighted by molar-refractivity contribution is 0.0443. The Morgan fingerprint density at radius 1 is 0.594 bits per heavy atom. The predicted molar refractivity (Wildman–Crippen MR) is 236 cm³/mol. The van der Waals surface area contributed by atoms with Crippen LogP contribution in [0.4, 0.5) is 22.7 Å². The number of pyridine rings is 2. The van der Waals surface area contributed by atoms with Gasteiger partial charge in [0.15, 0.2) is 17.3 Å². The van der Waals surface area contributed by atoms with Crippen molar-refractivity contribution in [3.63, 3.8) is 0 Å². The van der Waals surface area contributed by atoms with Crippen LogP contribution in [-0.2, 0) is 23.1 Å². The van der Waals surface area contributed by atoms with Gasteiger partial charge in [-0.15, -0.1) is 10.2 Å². The van der Waals surface area contributed by atoms with Crippen LogP contribution in [0.2, 0.25) is 0 Å². The summed E-state index contributed by atoms with van der Waals surface area (Å²) in [6.07, 6.45) is 0. The molecule has 6 rings (SSSR count). The largest absolute Gasteiger partial charge is 0.494 e. The third kappa shape index (κ3) is 11.9. The highest BCUT2D eigenvalue weighted by Crippen LogP contribution is 2.28. The first-order valence-electron chi connectivity index (χ1n) is 19.8. The molecule has 2 heterocycles. The summed E-state index contributed by atoms with van der Waals surface area (Å²) >= 11 is 0. The van der Waals surface area contributed by atoms with Gasteiger partial charge in [-0.3, -0.25) is 18.7 Å². The summed E-state index contributed by atoms with van der Waals surface area (Å²) in [6.45, 7) is 7.74. The fourth-order valence-corrected chi connectivity index (χ4v) is 5.80. The number of ether oxygens (including phenoxy) is 4. The second kappa shape index (κ2) is 22.5. The second-order valence-corrected chi connectivity index (χ2v) is 13.7. The van der Waals surface area contributed by atoms with E-state index >= 15 is 0 Å². The van der Waals surface area contributed by atoms with E-state index in [-0.39, 0.29) is 54.8 Å². The number of hydrogen-bond donors (Lipinski definition) is 2. The molecule has 0 spiro atoms. The van der Waals surface area contributed by atoms with Crippen molar-refractivity contribution in [3.05, 3.63) is 163 Å². The lowest BCUT2D eigenvalue weighted by atomic mass is 10.1. The molecule has 328 valence electrons. The molecule has 0 saturated carbocycles. The zero-order valence-corrected chi connectivity index (χ0v) is 35.7. The average Bonchev–Trinajstić information content (AvgIpc) is 3.32. The van der Waals surface area contributed by atoms with Gasteiger partial charge in [0.05, 0.1) is 22.5 Å². The molecule has 0 aliphatic rings. The molecule has 0 saturated heterocycles. The van der Waals surface area contributed by atoms with Crippen LogP contribution in [0.15, 0.2) is 139 Å². The SMILES string of the molecule is CCn1c(O)c(C)c(C)c(N=Nc2ccc(C(=O)OCCOc3ccccc3)cc2)c1=O.Cc1c(C#N)c(O)n(C)c(=O)c1N=Nc1ccc(C(=O)OCCOc2ccccc2)cc1. The summed E-state index contributed by atoms with van der Waals surface area (Å²) < 4.78 is 23.5. The van der Waals surface area contributed by atoms with Crippen molar-refractivity contribution in [1.82, 2.24) is 9.13 Å². The van der Waals surface area contributed by atoms with Crippen molar-refractivity contribution in [1.29, 1.82) is 5.26 Å². The molecule has 17 heteroatoms. The van der Waals surface area contributed by atoms with Crippen LogP contribution in [0.3, 0.4) is 0 Å². The molecule has 2 aromatic heterocycles. The van der Waals surface area contributed by atoms with E-state index < -0.39 is 28.9 Å². The van der Waals surface area contributed by atoms with Gasteiger partial charge in [-0.2, -0.15) is 15.5 Å². The molecule has 0 amide bonds. The van der Waals surface area contributed by atoms with Crippen LogP contribution in [-0.4, -0.2) is 57.7 Å². The molecule has 2 N–H and O–H groups in total. The molecular formula is C47H45N7O10. The highest BCUT2D eigenvalue weighted by atomic mass is 16.6. The molecule has 0 aliphatic carbocycles. The summed E-state index contributed by atoms with van der Waals surface area (Å²) in [5.41, 5.74) is 2.02. The predicted octanol–water partition coefficient (Wildman–Crippen LogP) is 8.76. The number of azo groups is 2. The Labute approximate surface area is 367 Å². The number of rotatable bonds is 15. The Morgan fingerprint density at radius 3 is 1.45 bits per heavy atom. The van der Waals surface area contributed by atoms with Crippen molar-refractivity contribution in [2.75, 3.05) is 26.4 Å². The number of nitrogens with zero attached hydrogens (tertiary/aromatic N) is 7. The molecule has 0 unspecified atom stereocenters. The number of carbonyl (C=O) groups is 2. The number of aromatic nitrogens is 2. The molecule has 0 atom stereocenters. The lowest BCUT2D eigenvalue weighted by Crippen LogP contribution is -2.20. The number of carbonyl (C=O) groups excluding carboxylic acids is 2. The third-order valence-electron chi connectivity index (χ3n) is 9.56. The summed E-state index contributed by atoms with van der Waals surface area (Å²) in [6, 6.07) is 32.9. The van der Waals surface area contributed by atoms with Gasteiger partial charge in [0.2, 0.25) is 5.88 Å². The molecule has 4 aromatic carbocycles. The summed E-state index contributed by atoms with van der Waals surface area (Å²) in [5, 5.41) is 45.4. The van der Waals surface area contributed by atoms with Crippen LogP contribution >= 0.6 is 0 Å². The Balaban J connectivity index is 0.000000241. The van der Waals surface area contributed by atoms with E-state index in [4.69, 9.17) is 18.9 Å². The zero-order valence-electron chi connectivity index (χ0n) is 35.7. The monoisotopic (exact) mass is 867 g/mol. The van der Waals surface area contributed by atoms with E-state index in [0.29, 0.717) is 51.7 Å². The van der Waals surface area contributed by atoms with E-state index in [1.807, 2.05) is 66.7 Å². The molecular weight excluding hydrogens is 823 g/mol. The van der Waals surface area contributed by atoms with Crippen molar-refractivity contribution in [3.8, 4) is 29.3 Å². The van der Waals surface area contributed by atoms with Gasteiger partial charge in [0.1, 0.15) is 49.6 Å². The van der Waals surface area contributed by atoms with Crippen LogP contribution in [0.25, 0.3) is 0 Å². The number of hydrogen-bond acceptors (Lipinski definition) is 15. The zero-order chi connectivity index (χ0) is 46.2. The summed E-state index contributed by atoms with van der Waals surface area (Å²) in [4.78, 5) is 49.2. The van der Waals surface area contributed by atoms with E-state index in [0.717, 1.165) is 4.57 Å². The molecule has 0 radical (unpaired) electrons. The van der Waals surface area contributed by atoms with Crippen molar-refractivity contribution in [2.45, 2.75) is 34.2 Å². The molecule has 64 heavy (non-hydrogen) atoms. The smallest absolute Gasteiger partial charge is 0.338 e. The Bertz CT molecular complexity index is 2800. The highest BCUT2D eigenvalue weighted by molar-refractivity contribution is 5.90. The Morgan fingerprint density at radius 2 is 1.03 bits per heavy atom. The Hall–Kier alpha value is -8.39.